The zero-order valence-corrected chi connectivity index (χ0v) is 16.1. The first-order valence-electron chi connectivity index (χ1n) is 9.42. The Morgan fingerprint density at radius 1 is 1.31 bits per heavy atom. The van der Waals surface area contributed by atoms with Gasteiger partial charge in [0.05, 0.1) is 18.2 Å². The quantitative estimate of drug-likeness (QED) is 0.799. The van der Waals surface area contributed by atoms with Crippen LogP contribution in [-0.2, 0) is 4.74 Å². The lowest BCUT2D eigenvalue weighted by atomic mass is 10.1. The first-order chi connectivity index (χ1) is 14.1. The normalized spacial score (nSPS) is 14.0. The molecule has 0 radical (unpaired) electrons. The first-order valence-corrected chi connectivity index (χ1v) is 9.42. The van der Waals surface area contributed by atoms with Crippen LogP contribution >= 0.6 is 0 Å². The molecule has 0 saturated carbocycles. The number of benzene rings is 1. The third-order valence-corrected chi connectivity index (χ3v) is 4.49. The molecule has 1 saturated heterocycles. The maximum absolute atomic E-state index is 12.6. The largest absolute Gasteiger partial charge is 0.450 e. The summed E-state index contributed by atoms with van der Waals surface area (Å²) < 4.78 is 5.00. The van der Waals surface area contributed by atoms with Gasteiger partial charge in [0.2, 0.25) is 5.95 Å². The van der Waals surface area contributed by atoms with Crippen LogP contribution in [0.1, 0.15) is 35.8 Å². The molecule has 2 amide bonds. The van der Waals surface area contributed by atoms with E-state index in [0.717, 1.165) is 0 Å². The van der Waals surface area contributed by atoms with Gasteiger partial charge in [0.1, 0.15) is 5.69 Å². The Labute approximate surface area is 168 Å². The van der Waals surface area contributed by atoms with E-state index in [9.17, 15) is 9.59 Å². The molecule has 1 aliphatic rings. The number of rotatable bonds is 5. The second kappa shape index (κ2) is 9.50. The second-order valence-corrected chi connectivity index (χ2v) is 6.52. The standard InChI is InChI=1S/C20H22N6O3/c1-2-29-20(28)26-10-7-15(8-11-26)23-18(27)17-6-9-22-19(25-17)24-16-5-3-4-14(12-16)13-21/h3-6,9,12,15H,2,7-8,10-11H2,1H3,(H,23,27)(H,22,24,25). The van der Waals surface area contributed by atoms with Gasteiger partial charge in [-0.1, -0.05) is 6.07 Å². The predicted octanol–water partition coefficient (Wildman–Crippen LogP) is 2.44. The van der Waals surface area contributed by atoms with Gasteiger partial charge in [0.15, 0.2) is 0 Å². The molecule has 3 rings (SSSR count). The highest BCUT2D eigenvalue weighted by atomic mass is 16.6. The molecule has 150 valence electrons. The molecule has 2 aromatic rings. The number of piperidine rings is 1. The van der Waals surface area contributed by atoms with Crippen molar-refractivity contribution in [1.82, 2.24) is 20.2 Å². The molecular weight excluding hydrogens is 372 g/mol. The lowest BCUT2D eigenvalue weighted by Crippen LogP contribution is -2.46. The minimum Gasteiger partial charge on any atom is -0.450 e. The molecule has 29 heavy (non-hydrogen) atoms. The fourth-order valence-corrected chi connectivity index (χ4v) is 3.02. The zero-order chi connectivity index (χ0) is 20.6. The van der Waals surface area contributed by atoms with Gasteiger partial charge in [-0.2, -0.15) is 5.26 Å². The average molecular weight is 394 g/mol. The van der Waals surface area contributed by atoms with Gasteiger partial charge in [0, 0.05) is 31.0 Å². The van der Waals surface area contributed by atoms with Crippen molar-refractivity contribution in [3.8, 4) is 6.07 Å². The van der Waals surface area contributed by atoms with Crippen LogP contribution in [0, 0.1) is 11.3 Å². The molecule has 1 aliphatic heterocycles. The summed E-state index contributed by atoms with van der Waals surface area (Å²) >= 11 is 0. The van der Waals surface area contributed by atoms with Crippen LogP contribution in [0.2, 0.25) is 0 Å². The van der Waals surface area contributed by atoms with Crippen LogP contribution in [0.15, 0.2) is 36.5 Å². The highest BCUT2D eigenvalue weighted by Gasteiger charge is 2.25. The zero-order valence-electron chi connectivity index (χ0n) is 16.1. The van der Waals surface area contributed by atoms with E-state index >= 15 is 0 Å². The van der Waals surface area contributed by atoms with Crippen molar-refractivity contribution in [3.05, 3.63) is 47.8 Å². The van der Waals surface area contributed by atoms with Crippen molar-refractivity contribution >= 4 is 23.6 Å². The van der Waals surface area contributed by atoms with Gasteiger partial charge in [-0.15, -0.1) is 0 Å². The molecule has 9 nitrogen and oxygen atoms in total. The van der Waals surface area contributed by atoms with Crippen molar-refractivity contribution in [1.29, 1.82) is 5.26 Å². The summed E-state index contributed by atoms with van der Waals surface area (Å²) in [5, 5.41) is 14.9. The maximum atomic E-state index is 12.6. The predicted molar refractivity (Wildman–Crippen MR) is 106 cm³/mol. The van der Waals surface area contributed by atoms with Crippen LogP contribution in [0.5, 0.6) is 0 Å². The summed E-state index contributed by atoms with van der Waals surface area (Å²) in [6.45, 7) is 3.20. The Balaban J connectivity index is 1.57. The number of carbonyl (C=O) groups excluding carboxylic acids is 2. The molecule has 0 atom stereocenters. The second-order valence-electron chi connectivity index (χ2n) is 6.52. The monoisotopic (exact) mass is 394 g/mol. The van der Waals surface area contributed by atoms with Gasteiger partial charge >= 0.3 is 6.09 Å². The van der Waals surface area contributed by atoms with Crippen molar-refractivity contribution in [2.75, 3.05) is 25.0 Å². The Morgan fingerprint density at radius 3 is 2.83 bits per heavy atom. The number of nitriles is 1. The topological polar surface area (TPSA) is 120 Å². The molecule has 0 aliphatic carbocycles. The summed E-state index contributed by atoms with van der Waals surface area (Å²) in [6, 6.07) is 10.5. The smallest absolute Gasteiger partial charge is 0.409 e. The minimum absolute atomic E-state index is 0.0353. The van der Waals surface area contributed by atoms with Crippen molar-refractivity contribution in [3.63, 3.8) is 0 Å². The lowest BCUT2D eigenvalue weighted by Gasteiger charge is -2.31. The van der Waals surface area contributed by atoms with Crippen LogP contribution in [0.25, 0.3) is 0 Å². The average Bonchev–Trinajstić information content (AvgIpc) is 2.74. The molecule has 0 bridgehead atoms. The fraction of sp³-hybridized carbons (Fsp3) is 0.350. The third-order valence-electron chi connectivity index (χ3n) is 4.49. The third kappa shape index (κ3) is 5.42. The van der Waals surface area contributed by atoms with E-state index < -0.39 is 0 Å². The van der Waals surface area contributed by atoms with Crippen LogP contribution in [-0.4, -0.2) is 52.6 Å². The number of amides is 2. The first kappa shape index (κ1) is 20.1. The SMILES string of the molecule is CCOC(=O)N1CCC(NC(=O)c2ccnc(Nc3cccc(C#N)c3)n2)CC1. The van der Waals surface area contributed by atoms with Gasteiger partial charge in [-0.25, -0.2) is 14.8 Å². The Hall–Kier alpha value is -3.67. The lowest BCUT2D eigenvalue weighted by molar-refractivity contribution is 0.0856. The summed E-state index contributed by atoms with van der Waals surface area (Å²) in [5.74, 6) is -0.0271. The molecular formula is C20H22N6O3. The van der Waals surface area contributed by atoms with Crippen LogP contribution < -0.4 is 10.6 Å². The number of anilines is 2. The summed E-state index contributed by atoms with van der Waals surface area (Å²) in [7, 11) is 0. The van der Waals surface area contributed by atoms with Crippen molar-refractivity contribution in [2.45, 2.75) is 25.8 Å². The highest BCUT2D eigenvalue weighted by molar-refractivity contribution is 5.92. The molecule has 1 fully saturated rings. The van der Waals surface area contributed by atoms with E-state index in [1.165, 1.54) is 6.20 Å². The summed E-state index contributed by atoms with van der Waals surface area (Å²) in [6.07, 6.45) is 2.50. The molecule has 0 spiro atoms. The Kier molecular flexibility index (Phi) is 6.58. The van der Waals surface area contributed by atoms with Gasteiger partial charge in [0.25, 0.3) is 5.91 Å². The van der Waals surface area contributed by atoms with Crippen LogP contribution in [0.4, 0.5) is 16.4 Å². The molecule has 0 unspecified atom stereocenters. The number of carbonyl (C=O) groups is 2. The number of ether oxygens (including phenoxy) is 1. The highest BCUT2D eigenvalue weighted by Crippen LogP contribution is 2.15. The van der Waals surface area contributed by atoms with E-state index in [-0.39, 0.29) is 29.7 Å². The Bertz CT molecular complexity index is 918. The number of hydrogen-bond acceptors (Lipinski definition) is 7. The van der Waals surface area contributed by atoms with Crippen LogP contribution in [0.3, 0.4) is 0 Å². The van der Waals surface area contributed by atoms with E-state index in [2.05, 4.69) is 26.7 Å². The van der Waals surface area contributed by atoms with Crippen molar-refractivity contribution in [2.24, 2.45) is 0 Å². The molecule has 2 heterocycles. The fourth-order valence-electron chi connectivity index (χ4n) is 3.02. The molecule has 9 heteroatoms. The number of nitrogens with zero attached hydrogens (tertiary/aromatic N) is 4. The summed E-state index contributed by atoms with van der Waals surface area (Å²) in [5.41, 5.74) is 1.41. The van der Waals surface area contributed by atoms with Gasteiger partial charge in [-0.05, 0) is 44.0 Å². The van der Waals surface area contributed by atoms with Gasteiger partial charge in [-0.3, -0.25) is 4.79 Å². The van der Waals surface area contributed by atoms with Crippen molar-refractivity contribution < 1.29 is 14.3 Å². The number of nitrogens with one attached hydrogen (secondary N) is 2. The van der Waals surface area contributed by atoms with Gasteiger partial charge < -0.3 is 20.3 Å². The summed E-state index contributed by atoms with van der Waals surface area (Å²) in [4.78, 5) is 34.3. The van der Waals surface area contributed by atoms with E-state index in [4.69, 9.17) is 10.00 Å². The number of aromatic nitrogens is 2. The maximum Gasteiger partial charge on any atom is 0.409 e. The molecule has 2 N–H and O–H groups in total. The minimum atomic E-state index is -0.315. The molecule has 1 aromatic carbocycles. The van der Waals surface area contributed by atoms with E-state index in [1.807, 2.05) is 0 Å². The Morgan fingerprint density at radius 2 is 2.10 bits per heavy atom. The molecule has 1 aromatic heterocycles. The number of hydrogen-bond donors (Lipinski definition) is 2. The van der Waals surface area contributed by atoms with E-state index in [1.54, 1.807) is 42.2 Å². The number of likely N-dealkylation sites (tertiary alicyclic amines) is 1. The van der Waals surface area contributed by atoms with E-state index in [0.29, 0.717) is 43.8 Å².